The maximum Gasteiger partial charge on any atom is 0.292 e. The Morgan fingerprint density at radius 1 is 1.29 bits per heavy atom. The summed E-state index contributed by atoms with van der Waals surface area (Å²) in [5, 5.41) is 2.51. The third-order valence-corrected chi connectivity index (χ3v) is 2.80. The van der Waals surface area contributed by atoms with Crippen LogP contribution in [-0.4, -0.2) is 22.9 Å². The van der Waals surface area contributed by atoms with Gasteiger partial charge in [0.15, 0.2) is 5.58 Å². The van der Waals surface area contributed by atoms with Gasteiger partial charge in [0.2, 0.25) is 0 Å². The number of ether oxygens (including phenoxy) is 1. The van der Waals surface area contributed by atoms with Gasteiger partial charge in [-0.2, -0.15) is 4.98 Å². The largest absolute Gasteiger partial charge is 0.457 e. The van der Waals surface area contributed by atoms with Crippen LogP contribution in [0, 0.1) is 0 Å². The summed E-state index contributed by atoms with van der Waals surface area (Å²) < 4.78 is 10.9. The average Bonchev–Trinajstić information content (AvgIpc) is 2.86. The van der Waals surface area contributed by atoms with E-state index < -0.39 is 0 Å². The van der Waals surface area contributed by atoms with Crippen molar-refractivity contribution in [3.05, 3.63) is 42.2 Å². The predicted molar refractivity (Wildman–Crippen MR) is 76.1 cm³/mol. The van der Waals surface area contributed by atoms with Crippen LogP contribution in [0.25, 0.3) is 11.1 Å². The van der Waals surface area contributed by atoms with Crippen molar-refractivity contribution in [1.29, 1.82) is 0 Å². The molecule has 3 aromatic rings. The van der Waals surface area contributed by atoms with E-state index in [0.717, 1.165) is 0 Å². The van der Waals surface area contributed by atoms with E-state index >= 15 is 0 Å². The number of fused-ring (bicyclic) bond motifs is 1. The number of amides is 1. The zero-order valence-corrected chi connectivity index (χ0v) is 11.2. The van der Waals surface area contributed by atoms with Crippen molar-refractivity contribution >= 4 is 23.0 Å². The van der Waals surface area contributed by atoms with Crippen molar-refractivity contribution in [2.24, 2.45) is 0 Å². The first kappa shape index (κ1) is 12.9. The van der Waals surface area contributed by atoms with Crippen LogP contribution in [0.5, 0.6) is 11.5 Å². The minimum absolute atomic E-state index is 0.105. The highest BCUT2D eigenvalue weighted by Crippen LogP contribution is 2.26. The Kier molecular flexibility index (Phi) is 3.15. The molecule has 3 rings (SSSR count). The molecule has 3 N–H and O–H groups in total. The molecule has 1 amide bonds. The average molecular weight is 284 g/mol. The quantitative estimate of drug-likeness (QED) is 0.762. The van der Waals surface area contributed by atoms with Crippen LogP contribution in [-0.2, 0) is 0 Å². The fourth-order valence-corrected chi connectivity index (χ4v) is 1.85. The lowest BCUT2D eigenvalue weighted by molar-refractivity contribution is 0.0958. The Morgan fingerprint density at radius 2 is 2.10 bits per heavy atom. The predicted octanol–water partition coefficient (Wildman–Crippen LogP) is 1.96. The molecular weight excluding hydrogens is 272 g/mol. The van der Waals surface area contributed by atoms with Crippen molar-refractivity contribution in [2.45, 2.75) is 0 Å². The zero-order chi connectivity index (χ0) is 14.8. The monoisotopic (exact) mass is 284 g/mol. The number of nitrogen functional groups attached to an aromatic ring is 1. The van der Waals surface area contributed by atoms with Gasteiger partial charge in [-0.1, -0.05) is 0 Å². The molecule has 0 saturated heterocycles. The Hall–Kier alpha value is -3.09. The number of oxazole rings is 1. The van der Waals surface area contributed by atoms with E-state index in [0.29, 0.717) is 22.6 Å². The van der Waals surface area contributed by atoms with Crippen LogP contribution in [0.2, 0.25) is 0 Å². The molecule has 0 aliphatic carbocycles. The molecule has 0 bridgehead atoms. The summed E-state index contributed by atoms with van der Waals surface area (Å²) in [4.78, 5) is 19.5. The van der Waals surface area contributed by atoms with Crippen molar-refractivity contribution in [3.63, 3.8) is 0 Å². The Labute approximate surface area is 119 Å². The van der Waals surface area contributed by atoms with E-state index in [9.17, 15) is 4.79 Å². The van der Waals surface area contributed by atoms with Gasteiger partial charge in [-0.15, -0.1) is 0 Å². The number of aromatic nitrogens is 2. The Balaban J connectivity index is 1.89. The van der Waals surface area contributed by atoms with Gasteiger partial charge in [0.1, 0.15) is 22.7 Å². The summed E-state index contributed by atoms with van der Waals surface area (Å²) in [5.41, 5.74) is 6.96. The molecule has 0 atom stereocenters. The highest BCUT2D eigenvalue weighted by atomic mass is 16.5. The smallest absolute Gasteiger partial charge is 0.292 e. The van der Waals surface area contributed by atoms with Crippen molar-refractivity contribution in [3.8, 4) is 11.5 Å². The van der Waals surface area contributed by atoms with Crippen LogP contribution >= 0.6 is 0 Å². The number of nitrogens with one attached hydrogen (secondary N) is 1. The zero-order valence-electron chi connectivity index (χ0n) is 11.2. The first-order valence-corrected chi connectivity index (χ1v) is 6.18. The second-order valence-corrected chi connectivity index (χ2v) is 4.24. The normalized spacial score (nSPS) is 10.5. The summed E-state index contributed by atoms with van der Waals surface area (Å²) >= 11 is 0. The Bertz CT molecular complexity index is 813. The lowest BCUT2D eigenvalue weighted by atomic mass is 10.3. The SMILES string of the molecule is CNC(=O)c1cc(Oc2ccc3oc(N)nc3c2)ccn1. The summed E-state index contributed by atoms with van der Waals surface area (Å²) in [7, 11) is 1.54. The van der Waals surface area contributed by atoms with Gasteiger partial charge in [-0.3, -0.25) is 9.78 Å². The summed E-state index contributed by atoms with van der Waals surface area (Å²) in [6.45, 7) is 0. The van der Waals surface area contributed by atoms with Crippen LogP contribution in [0.4, 0.5) is 6.01 Å². The standard InChI is InChI=1S/C14H12N4O3/c1-16-13(19)11-7-9(4-5-17-11)20-8-2-3-12-10(6-8)18-14(15)21-12/h2-7H,1H3,(H2,15,18)(H,16,19). The number of hydrogen-bond donors (Lipinski definition) is 2. The summed E-state index contributed by atoms with van der Waals surface area (Å²) in [5.74, 6) is 0.782. The van der Waals surface area contributed by atoms with Gasteiger partial charge in [0, 0.05) is 25.4 Å². The summed E-state index contributed by atoms with van der Waals surface area (Å²) in [6.07, 6.45) is 1.51. The fourth-order valence-electron chi connectivity index (χ4n) is 1.85. The van der Waals surface area contributed by atoms with Gasteiger partial charge in [0.05, 0.1) is 0 Å². The highest BCUT2D eigenvalue weighted by molar-refractivity contribution is 5.92. The van der Waals surface area contributed by atoms with Crippen LogP contribution in [0.3, 0.4) is 0 Å². The maximum absolute atomic E-state index is 11.5. The van der Waals surface area contributed by atoms with Crippen molar-refractivity contribution in [1.82, 2.24) is 15.3 Å². The number of nitrogens with zero attached hydrogens (tertiary/aromatic N) is 2. The van der Waals surface area contributed by atoms with Gasteiger partial charge < -0.3 is 20.2 Å². The molecule has 0 unspecified atom stereocenters. The third-order valence-electron chi connectivity index (χ3n) is 2.80. The van der Waals surface area contributed by atoms with Crippen LogP contribution in [0.15, 0.2) is 40.9 Å². The number of rotatable bonds is 3. The van der Waals surface area contributed by atoms with Crippen molar-refractivity contribution in [2.75, 3.05) is 12.8 Å². The molecule has 2 heterocycles. The van der Waals surface area contributed by atoms with Crippen LogP contribution < -0.4 is 15.8 Å². The molecule has 0 aliphatic heterocycles. The van der Waals surface area contributed by atoms with E-state index in [1.807, 2.05) is 0 Å². The molecule has 7 heteroatoms. The molecular formula is C14H12N4O3. The van der Waals surface area contributed by atoms with Gasteiger partial charge in [0.25, 0.3) is 11.9 Å². The molecule has 0 spiro atoms. The lowest BCUT2D eigenvalue weighted by Gasteiger charge is -2.06. The second kappa shape index (κ2) is 5.12. The van der Waals surface area contributed by atoms with E-state index in [-0.39, 0.29) is 17.6 Å². The van der Waals surface area contributed by atoms with Gasteiger partial charge in [-0.25, -0.2) is 0 Å². The third kappa shape index (κ3) is 2.62. The number of carbonyl (C=O) groups is 1. The number of anilines is 1. The van der Waals surface area contributed by atoms with Gasteiger partial charge in [-0.05, 0) is 18.2 Å². The molecule has 0 radical (unpaired) electrons. The number of nitrogens with two attached hydrogens (primary N) is 1. The molecule has 21 heavy (non-hydrogen) atoms. The summed E-state index contributed by atoms with van der Waals surface area (Å²) in [6, 6.07) is 8.47. The van der Waals surface area contributed by atoms with Gasteiger partial charge >= 0.3 is 0 Å². The first-order chi connectivity index (χ1) is 10.2. The molecule has 106 valence electrons. The molecule has 0 aliphatic rings. The molecule has 0 fully saturated rings. The van der Waals surface area contributed by atoms with Crippen molar-refractivity contribution < 1.29 is 13.9 Å². The lowest BCUT2D eigenvalue weighted by Crippen LogP contribution is -2.18. The highest BCUT2D eigenvalue weighted by Gasteiger charge is 2.08. The number of benzene rings is 1. The molecule has 2 aromatic heterocycles. The topological polar surface area (TPSA) is 103 Å². The minimum atomic E-state index is -0.278. The first-order valence-electron chi connectivity index (χ1n) is 6.18. The Morgan fingerprint density at radius 3 is 2.90 bits per heavy atom. The number of pyridine rings is 1. The van der Waals surface area contributed by atoms with E-state index in [4.69, 9.17) is 14.9 Å². The van der Waals surface area contributed by atoms with Crippen LogP contribution in [0.1, 0.15) is 10.5 Å². The second-order valence-electron chi connectivity index (χ2n) is 4.24. The van der Waals surface area contributed by atoms with E-state index in [2.05, 4.69) is 15.3 Å². The molecule has 1 aromatic carbocycles. The number of hydrogen-bond acceptors (Lipinski definition) is 6. The fraction of sp³-hybridized carbons (Fsp3) is 0.0714. The number of carbonyl (C=O) groups excluding carboxylic acids is 1. The molecule has 7 nitrogen and oxygen atoms in total. The molecule has 0 saturated carbocycles. The maximum atomic E-state index is 11.5. The minimum Gasteiger partial charge on any atom is -0.457 e. The van der Waals surface area contributed by atoms with E-state index in [1.165, 1.54) is 6.20 Å². The van der Waals surface area contributed by atoms with E-state index in [1.54, 1.807) is 37.4 Å².